The van der Waals surface area contributed by atoms with Crippen LogP contribution in [0.5, 0.6) is 0 Å². The molecule has 0 radical (unpaired) electrons. The van der Waals surface area contributed by atoms with Crippen LogP contribution in [-0.2, 0) is 21.4 Å². The Morgan fingerprint density at radius 2 is 2.09 bits per heavy atom. The number of nitrogens with one attached hydrogen (secondary N) is 1. The first kappa shape index (κ1) is 23.1. The lowest BCUT2D eigenvalue weighted by molar-refractivity contribution is -0.449. The first-order valence-electron chi connectivity index (χ1n) is 10.6. The van der Waals surface area contributed by atoms with Gasteiger partial charge in [-0.25, -0.2) is 17.9 Å². The fourth-order valence-electron chi connectivity index (χ4n) is 3.74. The number of nitriles is 1. The summed E-state index contributed by atoms with van der Waals surface area (Å²) < 4.78 is 35.1. The minimum atomic E-state index is -3.78. The summed E-state index contributed by atoms with van der Waals surface area (Å²) in [6, 6.07) is 3.17. The van der Waals surface area contributed by atoms with Gasteiger partial charge in [-0.1, -0.05) is 11.2 Å². The molecule has 11 heteroatoms. The van der Waals surface area contributed by atoms with Gasteiger partial charge in [0.25, 0.3) is 0 Å². The summed E-state index contributed by atoms with van der Waals surface area (Å²) in [4.78, 5) is 27.6. The van der Waals surface area contributed by atoms with Gasteiger partial charge >= 0.3 is 11.9 Å². The predicted octanol–water partition coefficient (Wildman–Crippen LogP) is 1.79. The Morgan fingerprint density at radius 3 is 2.67 bits per heavy atom. The molecule has 33 heavy (non-hydrogen) atoms. The molecule has 10 nitrogen and oxygen atoms in total. The molecule has 174 valence electrons. The fourth-order valence-corrected chi connectivity index (χ4v) is 5.37. The molecule has 0 aromatic carbocycles. The van der Waals surface area contributed by atoms with Gasteiger partial charge in [0.1, 0.15) is 23.1 Å². The molecule has 1 fully saturated rings. The molecule has 4 rings (SSSR count). The van der Waals surface area contributed by atoms with Crippen molar-refractivity contribution in [2.24, 2.45) is 5.41 Å². The lowest BCUT2D eigenvalue weighted by Gasteiger charge is -2.28. The molecular formula is C22H26N5O5S+. The monoisotopic (exact) mass is 472 g/mol. The Balaban J connectivity index is 1.76. The van der Waals surface area contributed by atoms with Crippen molar-refractivity contribution >= 4 is 27.7 Å². The Kier molecular flexibility index (Phi) is 5.41. The molecule has 1 saturated carbocycles. The second kappa shape index (κ2) is 7.74. The SMILES string of the molecule is Cc1cc(CN2C(=O)C3=CC(S(=O)(=O)NC4(C)CC4)C=CC3=[N+](CC(C)(C)C#N)C2=O)on1. The predicted molar refractivity (Wildman–Crippen MR) is 117 cm³/mol. The zero-order valence-electron chi connectivity index (χ0n) is 19.0. The maximum absolute atomic E-state index is 13.3. The minimum absolute atomic E-state index is 0.0201. The van der Waals surface area contributed by atoms with E-state index in [4.69, 9.17) is 4.52 Å². The van der Waals surface area contributed by atoms with Crippen LogP contribution in [0.15, 0.2) is 34.4 Å². The van der Waals surface area contributed by atoms with Gasteiger partial charge in [-0.15, -0.1) is 4.90 Å². The van der Waals surface area contributed by atoms with E-state index in [1.165, 1.54) is 22.8 Å². The normalized spacial score (nSPS) is 22.2. The quantitative estimate of drug-likeness (QED) is 0.597. The lowest BCUT2D eigenvalue weighted by Crippen LogP contribution is -2.53. The van der Waals surface area contributed by atoms with Crippen LogP contribution in [0.1, 0.15) is 45.1 Å². The summed E-state index contributed by atoms with van der Waals surface area (Å²) in [5, 5.41) is 12.2. The smallest absolute Gasteiger partial charge is 0.357 e. The van der Waals surface area contributed by atoms with Crippen molar-refractivity contribution in [3.63, 3.8) is 0 Å². The highest BCUT2D eigenvalue weighted by molar-refractivity contribution is 7.90. The van der Waals surface area contributed by atoms with Crippen LogP contribution in [0.2, 0.25) is 0 Å². The Morgan fingerprint density at radius 1 is 1.39 bits per heavy atom. The van der Waals surface area contributed by atoms with Crippen LogP contribution < -0.4 is 4.72 Å². The molecule has 0 saturated heterocycles. The number of nitrogens with zero attached hydrogens (tertiary/aromatic N) is 4. The van der Waals surface area contributed by atoms with Crippen LogP contribution in [0.3, 0.4) is 0 Å². The van der Waals surface area contributed by atoms with Gasteiger partial charge < -0.3 is 4.52 Å². The number of amides is 3. The number of sulfonamides is 1. The second-order valence-electron chi connectivity index (χ2n) is 9.69. The lowest BCUT2D eigenvalue weighted by atomic mass is 9.93. The molecule has 0 spiro atoms. The van der Waals surface area contributed by atoms with Gasteiger partial charge in [-0.3, -0.25) is 0 Å². The molecule has 1 aromatic heterocycles. The van der Waals surface area contributed by atoms with Crippen LogP contribution in [-0.4, -0.2) is 58.0 Å². The van der Waals surface area contributed by atoms with E-state index in [1.807, 2.05) is 6.92 Å². The number of hydrogen-bond donors (Lipinski definition) is 1. The van der Waals surface area contributed by atoms with Crippen LogP contribution in [0, 0.1) is 23.7 Å². The van der Waals surface area contributed by atoms with E-state index in [0.29, 0.717) is 11.5 Å². The average Bonchev–Trinajstić information content (AvgIpc) is 3.31. The third-order valence-corrected chi connectivity index (χ3v) is 7.66. The Hall–Kier alpha value is -3.10. The highest BCUT2D eigenvalue weighted by Crippen LogP contribution is 2.36. The number of carbonyl (C=O) groups is 2. The van der Waals surface area contributed by atoms with Crippen molar-refractivity contribution in [2.75, 3.05) is 6.54 Å². The maximum atomic E-state index is 13.3. The maximum Gasteiger partial charge on any atom is 0.501 e. The van der Waals surface area contributed by atoms with E-state index >= 15 is 0 Å². The average molecular weight is 473 g/mol. The summed E-state index contributed by atoms with van der Waals surface area (Å²) in [6.07, 6.45) is 5.81. The van der Waals surface area contributed by atoms with E-state index < -0.39 is 38.2 Å². The molecular weight excluding hydrogens is 446 g/mol. The topological polar surface area (TPSA) is 136 Å². The van der Waals surface area contributed by atoms with Gasteiger partial charge in [0.15, 0.2) is 12.3 Å². The number of aryl methyl sites for hydroxylation is 1. The second-order valence-corrected chi connectivity index (χ2v) is 11.5. The van der Waals surface area contributed by atoms with E-state index in [1.54, 1.807) is 26.8 Å². The highest BCUT2D eigenvalue weighted by Gasteiger charge is 2.49. The Labute approximate surface area is 192 Å². The summed E-state index contributed by atoms with van der Waals surface area (Å²) in [5.41, 5.74) is -0.384. The first-order valence-corrected chi connectivity index (χ1v) is 12.2. The number of allylic oxidation sites excluding steroid dienone is 1. The molecule has 1 aliphatic heterocycles. The minimum Gasteiger partial charge on any atom is -0.357 e. The first-order chi connectivity index (χ1) is 15.3. The van der Waals surface area contributed by atoms with Crippen molar-refractivity contribution in [3.8, 4) is 6.07 Å². The van der Waals surface area contributed by atoms with Gasteiger partial charge in [-0.2, -0.15) is 14.6 Å². The molecule has 3 aliphatic rings. The molecule has 3 amide bonds. The standard InChI is InChI=1S/C22H26N5O5S/c1-14-9-15(32-24-14)11-26-19(28)17-10-16(33(30,31)25-22(4)7-8-22)5-6-18(17)27(20(26)29)13-21(2,3)12-23/h5-6,9-10,16,25H,7-8,11,13H2,1-4H3/q+1. The van der Waals surface area contributed by atoms with Crippen molar-refractivity contribution in [2.45, 2.75) is 57.9 Å². The summed E-state index contributed by atoms with van der Waals surface area (Å²) in [5.74, 6) is -0.311. The van der Waals surface area contributed by atoms with Crippen LogP contribution in [0.25, 0.3) is 0 Å². The zero-order chi connectivity index (χ0) is 24.2. The number of imide groups is 1. The Bertz CT molecular complexity index is 1270. The molecule has 1 unspecified atom stereocenters. The molecule has 0 bridgehead atoms. The largest absolute Gasteiger partial charge is 0.501 e. The third-order valence-electron chi connectivity index (χ3n) is 5.87. The summed E-state index contributed by atoms with van der Waals surface area (Å²) in [6.45, 7) is 6.78. The van der Waals surface area contributed by atoms with Crippen molar-refractivity contribution in [3.05, 3.63) is 41.3 Å². The van der Waals surface area contributed by atoms with Crippen LogP contribution in [0.4, 0.5) is 4.79 Å². The number of fused-ring (bicyclic) bond motifs is 1. The van der Waals surface area contributed by atoms with Gasteiger partial charge in [-0.05, 0) is 52.7 Å². The number of carbonyl (C=O) groups excluding carboxylic acids is 2. The zero-order valence-corrected chi connectivity index (χ0v) is 19.8. The van der Waals surface area contributed by atoms with Gasteiger partial charge in [0.2, 0.25) is 10.0 Å². The van der Waals surface area contributed by atoms with E-state index in [2.05, 4.69) is 15.9 Å². The third kappa shape index (κ3) is 4.54. The van der Waals surface area contributed by atoms with E-state index in [9.17, 15) is 23.3 Å². The number of urea groups is 1. The van der Waals surface area contributed by atoms with E-state index in [0.717, 1.165) is 17.7 Å². The highest BCUT2D eigenvalue weighted by atomic mass is 32.2. The summed E-state index contributed by atoms with van der Waals surface area (Å²) in [7, 11) is -3.78. The number of hydrogen-bond acceptors (Lipinski definition) is 7. The molecule has 2 aliphatic carbocycles. The number of aromatic nitrogens is 1. The van der Waals surface area contributed by atoms with E-state index in [-0.39, 0.29) is 24.4 Å². The molecule has 1 N–H and O–H groups in total. The van der Waals surface area contributed by atoms with Gasteiger partial charge in [0, 0.05) is 11.6 Å². The molecule has 1 atom stereocenters. The van der Waals surface area contributed by atoms with Crippen molar-refractivity contribution in [1.82, 2.24) is 14.8 Å². The molecule has 2 heterocycles. The van der Waals surface area contributed by atoms with Crippen molar-refractivity contribution in [1.29, 1.82) is 5.26 Å². The fraction of sp³-hybridized carbons (Fsp3) is 0.500. The van der Waals surface area contributed by atoms with Crippen LogP contribution >= 0.6 is 0 Å². The summed E-state index contributed by atoms with van der Waals surface area (Å²) >= 11 is 0. The molecule has 1 aromatic rings. The van der Waals surface area contributed by atoms with Crippen molar-refractivity contribution < 1.29 is 27.1 Å². The number of rotatable bonds is 7. The van der Waals surface area contributed by atoms with Gasteiger partial charge in [0.05, 0.1) is 17.2 Å².